The van der Waals surface area contributed by atoms with Crippen molar-refractivity contribution in [3.05, 3.63) is 64.7 Å². The van der Waals surface area contributed by atoms with Crippen molar-refractivity contribution < 1.29 is 5.11 Å². The molecule has 0 fully saturated rings. The van der Waals surface area contributed by atoms with E-state index in [1.807, 2.05) is 19.1 Å². The first kappa shape index (κ1) is 15.6. The van der Waals surface area contributed by atoms with Crippen LogP contribution >= 0.6 is 0 Å². The maximum atomic E-state index is 9.88. The van der Waals surface area contributed by atoms with Crippen LogP contribution in [-0.2, 0) is 6.54 Å². The highest BCUT2D eigenvalue weighted by molar-refractivity contribution is 5.35. The van der Waals surface area contributed by atoms with Gasteiger partial charge in [0.2, 0.25) is 0 Å². The molecule has 0 amide bonds. The fourth-order valence-corrected chi connectivity index (χ4v) is 2.41. The molecule has 0 spiro atoms. The number of hydrogen-bond acceptors (Lipinski definition) is 2. The third-order valence-corrected chi connectivity index (χ3v) is 3.94. The Morgan fingerprint density at radius 1 is 0.952 bits per heavy atom. The molecule has 0 aromatic heterocycles. The van der Waals surface area contributed by atoms with Gasteiger partial charge in [-0.25, -0.2) is 0 Å². The van der Waals surface area contributed by atoms with Gasteiger partial charge < -0.3 is 10.4 Å². The van der Waals surface area contributed by atoms with Crippen molar-refractivity contribution in [1.29, 1.82) is 0 Å². The molecule has 2 nitrogen and oxygen atoms in total. The Morgan fingerprint density at radius 2 is 1.57 bits per heavy atom. The van der Waals surface area contributed by atoms with E-state index in [0.717, 1.165) is 5.56 Å². The van der Waals surface area contributed by atoms with Gasteiger partial charge >= 0.3 is 0 Å². The van der Waals surface area contributed by atoms with Gasteiger partial charge in [-0.3, -0.25) is 0 Å². The van der Waals surface area contributed by atoms with Gasteiger partial charge in [-0.1, -0.05) is 55.8 Å². The maximum absolute atomic E-state index is 9.88. The molecule has 21 heavy (non-hydrogen) atoms. The van der Waals surface area contributed by atoms with Crippen LogP contribution in [0.1, 0.15) is 55.0 Å². The fraction of sp³-hybridized carbons (Fsp3) is 0.368. The Hall–Kier alpha value is -1.80. The van der Waals surface area contributed by atoms with Crippen LogP contribution in [0.15, 0.2) is 42.5 Å². The van der Waals surface area contributed by atoms with E-state index in [0.29, 0.717) is 18.2 Å². The number of hydrogen-bond donors (Lipinski definition) is 2. The lowest BCUT2D eigenvalue weighted by atomic mass is 9.99. The Bertz CT molecular complexity index is 587. The van der Waals surface area contributed by atoms with Crippen LogP contribution in [0.4, 0.5) is 0 Å². The monoisotopic (exact) mass is 283 g/mol. The zero-order valence-electron chi connectivity index (χ0n) is 13.4. The van der Waals surface area contributed by atoms with Crippen LogP contribution in [0.25, 0.3) is 0 Å². The summed E-state index contributed by atoms with van der Waals surface area (Å²) in [6.07, 6.45) is 0. The van der Waals surface area contributed by atoms with Crippen molar-refractivity contribution in [2.45, 2.75) is 46.2 Å². The number of benzene rings is 2. The molecule has 2 aromatic rings. The molecule has 0 saturated carbocycles. The quantitative estimate of drug-likeness (QED) is 0.835. The fourth-order valence-electron chi connectivity index (χ4n) is 2.41. The second-order valence-corrected chi connectivity index (χ2v) is 6.06. The first-order chi connectivity index (χ1) is 9.97. The van der Waals surface area contributed by atoms with Crippen molar-refractivity contribution in [3.8, 4) is 5.75 Å². The minimum Gasteiger partial charge on any atom is -0.508 e. The summed E-state index contributed by atoms with van der Waals surface area (Å²) in [7, 11) is 0. The molecule has 1 atom stereocenters. The van der Waals surface area contributed by atoms with Gasteiger partial charge in [-0.05, 0) is 37.0 Å². The molecule has 0 heterocycles. The van der Waals surface area contributed by atoms with Crippen molar-refractivity contribution >= 4 is 0 Å². The van der Waals surface area contributed by atoms with E-state index in [9.17, 15) is 5.11 Å². The molecule has 0 aliphatic rings. The molecule has 2 aromatic carbocycles. The third kappa shape index (κ3) is 4.08. The number of aromatic hydroxyl groups is 1. The normalized spacial score (nSPS) is 12.6. The zero-order valence-corrected chi connectivity index (χ0v) is 13.4. The van der Waals surface area contributed by atoms with Crippen molar-refractivity contribution in [2.75, 3.05) is 0 Å². The summed E-state index contributed by atoms with van der Waals surface area (Å²) in [5.74, 6) is 0.919. The van der Waals surface area contributed by atoms with E-state index < -0.39 is 0 Å². The highest BCUT2D eigenvalue weighted by Crippen LogP contribution is 2.21. The summed E-state index contributed by atoms with van der Waals surface area (Å²) in [6, 6.07) is 14.7. The predicted octanol–water partition coefficient (Wildman–Crippen LogP) is 4.67. The largest absolute Gasteiger partial charge is 0.508 e. The summed E-state index contributed by atoms with van der Waals surface area (Å²) in [4.78, 5) is 0. The Morgan fingerprint density at radius 3 is 2.19 bits per heavy atom. The summed E-state index contributed by atoms with van der Waals surface area (Å²) < 4.78 is 0. The van der Waals surface area contributed by atoms with Crippen LogP contribution in [0, 0.1) is 6.92 Å². The smallest absolute Gasteiger partial charge is 0.120 e. The van der Waals surface area contributed by atoms with Gasteiger partial charge in [0.1, 0.15) is 5.75 Å². The van der Waals surface area contributed by atoms with Crippen LogP contribution in [-0.4, -0.2) is 5.11 Å². The number of nitrogens with one attached hydrogen (secondary N) is 1. The van der Waals surface area contributed by atoms with E-state index in [4.69, 9.17) is 0 Å². The van der Waals surface area contributed by atoms with Crippen molar-refractivity contribution in [2.24, 2.45) is 0 Å². The van der Waals surface area contributed by atoms with Gasteiger partial charge in [-0.15, -0.1) is 0 Å². The highest BCUT2D eigenvalue weighted by Gasteiger charge is 2.08. The van der Waals surface area contributed by atoms with Gasteiger partial charge in [0.05, 0.1) is 0 Å². The lowest BCUT2D eigenvalue weighted by molar-refractivity contribution is 0.460. The van der Waals surface area contributed by atoms with Gasteiger partial charge in [0.25, 0.3) is 0 Å². The van der Waals surface area contributed by atoms with Crippen LogP contribution < -0.4 is 5.32 Å². The molecule has 2 heteroatoms. The summed E-state index contributed by atoms with van der Waals surface area (Å²) in [5, 5.41) is 13.3. The number of phenols is 1. The first-order valence-electron chi connectivity index (χ1n) is 7.59. The summed E-state index contributed by atoms with van der Waals surface area (Å²) >= 11 is 0. The molecule has 2 N–H and O–H groups in total. The van der Waals surface area contributed by atoms with Gasteiger partial charge in [-0.2, -0.15) is 0 Å². The van der Waals surface area contributed by atoms with E-state index in [1.54, 1.807) is 6.07 Å². The molecule has 1 unspecified atom stereocenters. The minimum atomic E-state index is 0.256. The molecule has 0 aliphatic carbocycles. The lowest BCUT2D eigenvalue weighted by Gasteiger charge is -2.16. The number of aryl methyl sites for hydroxylation is 1. The van der Waals surface area contributed by atoms with Crippen molar-refractivity contribution in [1.82, 2.24) is 5.32 Å². The summed E-state index contributed by atoms with van der Waals surface area (Å²) in [5.41, 5.74) is 4.74. The van der Waals surface area contributed by atoms with E-state index >= 15 is 0 Å². The average molecular weight is 283 g/mol. The van der Waals surface area contributed by atoms with Crippen LogP contribution in [0.5, 0.6) is 5.75 Å². The molecule has 2 rings (SSSR count). The lowest BCUT2D eigenvalue weighted by Crippen LogP contribution is -2.18. The van der Waals surface area contributed by atoms with E-state index in [1.165, 1.54) is 16.7 Å². The minimum absolute atomic E-state index is 0.256. The molecule has 0 radical (unpaired) electrons. The Labute approximate surface area is 127 Å². The van der Waals surface area contributed by atoms with Crippen LogP contribution in [0.2, 0.25) is 0 Å². The average Bonchev–Trinajstić information content (AvgIpc) is 2.48. The molecular formula is C19H25NO. The van der Waals surface area contributed by atoms with Gasteiger partial charge in [0.15, 0.2) is 0 Å². The highest BCUT2D eigenvalue weighted by atomic mass is 16.3. The second kappa shape index (κ2) is 6.77. The maximum Gasteiger partial charge on any atom is 0.120 e. The standard InChI is InChI=1S/C19H25NO/c1-13(2)16-6-8-17(9-7-16)15(4)20-12-18-11-14(3)5-10-19(18)21/h5-11,13,15,20-21H,12H2,1-4H3. The summed E-state index contributed by atoms with van der Waals surface area (Å²) in [6.45, 7) is 9.27. The SMILES string of the molecule is Cc1ccc(O)c(CNC(C)c2ccc(C(C)C)cc2)c1. The molecule has 0 bridgehead atoms. The Balaban J connectivity index is 2.01. The molecule has 0 saturated heterocycles. The first-order valence-corrected chi connectivity index (χ1v) is 7.59. The van der Waals surface area contributed by atoms with Crippen LogP contribution in [0.3, 0.4) is 0 Å². The number of phenolic OH excluding ortho intramolecular Hbond substituents is 1. The van der Waals surface area contributed by atoms with Gasteiger partial charge in [0, 0.05) is 18.2 Å². The van der Waals surface area contributed by atoms with E-state index in [2.05, 4.69) is 50.4 Å². The second-order valence-electron chi connectivity index (χ2n) is 6.06. The zero-order chi connectivity index (χ0) is 15.4. The molecule has 112 valence electrons. The van der Waals surface area contributed by atoms with Crippen molar-refractivity contribution in [3.63, 3.8) is 0 Å². The Kier molecular flexibility index (Phi) is 5.03. The van der Waals surface area contributed by atoms with E-state index in [-0.39, 0.29) is 6.04 Å². The molecular weight excluding hydrogens is 258 g/mol. The third-order valence-electron chi connectivity index (χ3n) is 3.94. The number of rotatable bonds is 5. The predicted molar refractivity (Wildman–Crippen MR) is 88.6 cm³/mol. The topological polar surface area (TPSA) is 32.3 Å². The molecule has 0 aliphatic heterocycles.